The molecule has 0 heterocycles. The second-order valence-corrected chi connectivity index (χ2v) is 9.94. The number of nitrogens with zero attached hydrogens (tertiary/aromatic N) is 1. The maximum Gasteiger partial charge on any atom is 0.415 e. The van der Waals surface area contributed by atoms with Gasteiger partial charge in [0.25, 0.3) is 0 Å². The highest BCUT2D eigenvalue weighted by atomic mass is 16.6. The van der Waals surface area contributed by atoms with E-state index in [0.29, 0.717) is 12.2 Å². The van der Waals surface area contributed by atoms with E-state index in [1.807, 2.05) is 81.4 Å². The van der Waals surface area contributed by atoms with Gasteiger partial charge in [-0.3, -0.25) is 9.69 Å². The van der Waals surface area contributed by atoms with Crippen LogP contribution in [0.4, 0.5) is 10.5 Å². The Labute approximate surface area is 218 Å². The van der Waals surface area contributed by atoms with Crippen molar-refractivity contribution in [3.8, 4) is 11.1 Å². The predicted molar refractivity (Wildman–Crippen MR) is 148 cm³/mol. The zero-order chi connectivity index (χ0) is 26.4. The Morgan fingerprint density at radius 3 is 2.22 bits per heavy atom. The molecule has 37 heavy (non-hydrogen) atoms. The van der Waals surface area contributed by atoms with E-state index in [-0.39, 0.29) is 19.0 Å². The van der Waals surface area contributed by atoms with Gasteiger partial charge in [-0.05, 0) is 48.7 Å². The first-order valence-corrected chi connectivity index (χ1v) is 12.6. The molecule has 0 radical (unpaired) electrons. The molecule has 0 saturated heterocycles. The highest BCUT2D eigenvalue weighted by molar-refractivity contribution is 5.97. The Kier molecular flexibility index (Phi) is 7.92. The summed E-state index contributed by atoms with van der Waals surface area (Å²) < 4.78 is 11.4. The number of para-hydroxylation sites is 1. The van der Waals surface area contributed by atoms with Crippen molar-refractivity contribution < 1.29 is 19.1 Å². The molecule has 0 aliphatic heterocycles. The molecule has 0 unspecified atom stereocenters. The molecule has 4 aromatic carbocycles. The molecular weight excluding hydrogens is 462 g/mol. The van der Waals surface area contributed by atoms with Crippen molar-refractivity contribution in [1.82, 2.24) is 0 Å². The van der Waals surface area contributed by atoms with Gasteiger partial charge < -0.3 is 9.47 Å². The highest BCUT2D eigenvalue weighted by Gasteiger charge is 2.28. The topological polar surface area (TPSA) is 55.8 Å². The molecule has 0 fully saturated rings. The van der Waals surface area contributed by atoms with Crippen LogP contribution in [0.5, 0.6) is 0 Å². The molecular formula is C32H33NO4. The summed E-state index contributed by atoms with van der Waals surface area (Å²) in [6.45, 7) is 7.67. The van der Waals surface area contributed by atoms with Crippen LogP contribution in [0.2, 0.25) is 0 Å². The zero-order valence-corrected chi connectivity index (χ0v) is 21.9. The Balaban J connectivity index is 1.89. The molecule has 0 aliphatic rings. The molecule has 0 aromatic heterocycles. The molecule has 190 valence electrons. The van der Waals surface area contributed by atoms with Gasteiger partial charge in [-0.25, -0.2) is 4.79 Å². The number of benzene rings is 4. The van der Waals surface area contributed by atoms with E-state index >= 15 is 0 Å². The van der Waals surface area contributed by atoms with Crippen LogP contribution >= 0.6 is 0 Å². The summed E-state index contributed by atoms with van der Waals surface area (Å²) in [5.74, 6) is -0.297. The summed E-state index contributed by atoms with van der Waals surface area (Å²) in [5, 5.41) is 2.23. The fourth-order valence-corrected chi connectivity index (χ4v) is 4.19. The number of amides is 1. The largest absolute Gasteiger partial charge is 0.461 e. The smallest absolute Gasteiger partial charge is 0.415 e. The number of fused-ring (bicyclic) bond motifs is 1. The van der Waals surface area contributed by atoms with Crippen molar-refractivity contribution in [3.05, 3.63) is 102 Å². The van der Waals surface area contributed by atoms with E-state index < -0.39 is 11.7 Å². The highest BCUT2D eigenvalue weighted by Crippen LogP contribution is 2.37. The summed E-state index contributed by atoms with van der Waals surface area (Å²) >= 11 is 0. The molecule has 0 spiro atoms. The lowest BCUT2D eigenvalue weighted by molar-refractivity contribution is -0.144. The molecule has 0 bridgehead atoms. The Bertz CT molecular complexity index is 1390. The number of hydrogen-bond donors (Lipinski definition) is 0. The predicted octanol–water partition coefficient (Wildman–Crippen LogP) is 7.90. The van der Waals surface area contributed by atoms with Gasteiger partial charge in [0.1, 0.15) is 12.2 Å². The van der Waals surface area contributed by atoms with E-state index in [1.165, 1.54) is 0 Å². The van der Waals surface area contributed by atoms with Crippen LogP contribution in [0.1, 0.15) is 45.2 Å². The summed E-state index contributed by atoms with van der Waals surface area (Å²) in [5.41, 5.74) is 3.49. The van der Waals surface area contributed by atoms with Crippen molar-refractivity contribution in [1.29, 1.82) is 0 Å². The summed E-state index contributed by atoms with van der Waals surface area (Å²) in [7, 11) is 0. The van der Waals surface area contributed by atoms with Gasteiger partial charge in [0.2, 0.25) is 0 Å². The second-order valence-electron chi connectivity index (χ2n) is 9.94. The Morgan fingerprint density at radius 1 is 0.811 bits per heavy atom. The fourth-order valence-electron chi connectivity index (χ4n) is 4.19. The number of ether oxygens (including phenoxy) is 2. The average Bonchev–Trinajstić information content (AvgIpc) is 2.89. The average molecular weight is 496 g/mol. The lowest BCUT2D eigenvalue weighted by atomic mass is 9.96. The lowest BCUT2D eigenvalue weighted by Crippen LogP contribution is -2.37. The number of hydrogen-bond acceptors (Lipinski definition) is 4. The van der Waals surface area contributed by atoms with Crippen molar-refractivity contribution in [3.63, 3.8) is 0 Å². The SMILES string of the molecule is CCC(=O)OCc1cccc(-c2ccc3ccccc3c2)c1N(Cc1ccccc1)C(=O)OC(C)(C)C. The monoisotopic (exact) mass is 495 g/mol. The van der Waals surface area contributed by atoms with Crippen LogP contribution in [0.15, 0.2) is 91.0 Å². The molecule has 0 saturated carbocycles. The van der Waals surface area contributed by atoms with Crippen molar-refractivity contribution in [2.24, 2.45) is 0 Å². The third-order valence-corrected chi connectivity index (χ3v) is 5.92. The van der Waals surface area contributed by atoms with Crippen LogP contribution in [0.25, 0.3) is 21.9 Å². The molecule has 4 rings (SSSR count). The van der Waals surface area contributed by atoms with Crippen LogP contribution in [-0.4, -0.2) is 17.7 Å². The summed E-state index contributed by atoms with van der Waals surface area (Å²) in [6.07, 6.45) is -0.188. The van der Waals surface area contributed by atoms with E-state index in [4.69, 9.17) is 9.47 Å². The Morgan fingerprint density at radius 2 is 1.51 bits per heavy atom. The fraction of sp³-hybridized carbons (Fsp3) is 0.250. The van der Waals surface area contributed by atoms with Gasteiger partial charge in [-0.15, -0.1) is 0 Å². The third-order valence-electron chi connectivity index (χ3n) is 5.92. The van der Waals surface area contributed by atoms with E-state index in [2.05, 4.69) is 30.3 Å². The number of rotatable bonds is 7. The van der Waals surface area contributed by atoms with Crippen LogP contribution in [0.3, 0.4) is 0 Å². The number of esters is 1. The molecule has 5 nitrogen and oxygen atoms in total. The van der Waals surface area contributed by atoms with Crippen LogP contribution in [0, 0.1) is 0 Å². The van der Waals surface area contributed by atoms with Gasteiger partial charge in [0.05, 0.1) is 12.2 Å². The minimum Gasteiger partial charge on any atom is -0.461 e. The normalized spacial score (nSPS) is 11.2. The molecule has 0 atom stereocenters. The number of carbonyl (C=O) groups is 2. The Hall–Kier alpha value is -4.12. The van der Waals surface area contributed by atoms with Gasteiger partial charge in [0, 0.05) is 17.5 Å². The standard InChI is InChI=1S/C32H33NO4/c1-5-29(34)36-22-27-16-11-17-28(26-19-18-24-14-9-10-15-25(24)20-26)30(27)33(31(35)37-32(2,3)4)21-23-12-7-6-8-13-23/h6-20H,5,21-22H2,1-4H3. The first-order valence-electron chi connectivity index (χ1n) is 12.6. The molecule has 5 heteroatoms. The summed E-state index contributed by atoms with van der Waals surface area (Å²) in [4.78, 5) is 27.4. The van der Waals surface area contributed by atoms with Crippen molar-refractivity contribution in [2.45, 2.75) is 52.9 Å². The molecule has 0 N–H and O–H groups in total. The third kappa shape index (κ3) is 6.56. The minimum atomic E-state index is -0.682. The quantitative estimate of drug-likeness (QED) is 0.245. The maximum atomic E-state index is 13.7. The van der Waals surface area contributed by atoms with Gasteiger partial charge in [0.15, 0.2) is 0 Å². The van der Waals surface area contributed by atoms with Gasteiger partial charge in [-0.2, -0.15) is 0 Å². The molecule has 1 amide bonds. The van der Waals surface area contributed by atoms with Gasteiger partial charge in [-0.1, -0.05) is 91.9 Å². The lowest BCUT2D eigenvalue weighted by Gasteiger charge is -2.30. The van der Waals surface area contributed by atoms with E-state index in [0.717, 1.165) is 33.0 Å². The first kappa shape index (κ1) is 26.0. The minimum absolute atomic E-state index is 0.0531. The van der Waals surface area contributed by atoms with Crippen LogP contribution in [-0.2, 0) is 27.4 Å². The number of carbonyl (C=O) groups excluding carboxylic acids is 2. The number of anilines is 1. The van der Waals surface area contributed by atoms with Crippen LogP contribution < -0.4 is 4.90 Å². The van der Waals surface area contributed by atoms with E-state index in [1.54, 1.807) is 11.8 Å². The van der Waals surface area contributed by atoms with Gasteiger partial charge >= 0.3 is 12.1 Å². The second kappa shape index (κ2) is 11.3. The van der Waals surface area contributed by atoms with E-state index in [9.17, 15) is 9.59 Å². The maximum absolute atomic E-state index is 13.7. The van der Waals surface area contributed by atoms with Crippen molar-refractivity contribution in [2.75, 3.05) is 4.90 Å². The first-order chi connectivity index (χ1) is 17.7. The zero-order valence-electron chi connectivity index (χ0n) is 21.9. The van der Waals surface area contributed by atoms with Crippen molar-refractivity contribution >= 4 is 28.5 Å². The summed E-state index contributed by atoms with van der Waals surface area (Å²) in [6, 6.07) is 30.0. The molecule has 0 aliphatic carbocycles. The molecule has 4 aromatic rings.